The van der Waals surface area contributed by atoms with Crippen LogP contribution in [0.25, 0.3) is 0 Å². The Bertz CT molecular complexity index is 376. The Morgan fingerprint density at radius 1 is 1.40 bits per heavy atom. The van der Waals surface area contributed by atoms with Crippen LogP contribution >= 0.6 is 11.6 Å². The van der Waals surface area contributed by atoms with E-state index in [1.165, 1.54) is 14.2 Å². The highest BCUT2D eigenvalue weighted by molar-refractivity contribution is 6.31. The zero-order valence-corrected chi connectivity index (χ0v) is 9.17. The monoisotopic (exact) mass is 230 g/mol. The molecule has 15 heavy (non-hydrogen) atoms. The van der Waals surface area contributed by atoms with Crippen molar-refractivity contribution in [3.8, 4) is 11.5 Å². The van der Waals surface area contributed by atoms with Gasteiger partial charge in [-0.1, -0.05) is 11.6 Å². The van der Waals surface area contributed by atoms with E-state index in [-0.39, 0.29) is 6.42 Å². The van der Waals surface area contributed by atoms with E-state index in [0.717, 1.165) is 0 Å². The van der Waals surface area contributed by atoms with E-state index in [4.69, 9.17) is 26.2 Å². The van der Waals surface area contributed by atoms with Crippen LogP contribution < -0.4 is 9.47 Å². The highest BCUT2D eigenvalue weighted by atomic mass is 35.5. The van der Waals surface area contributed by atoms with Gasteiger partial charge in [0.15, 0.2) is 11.5 Å². The molecule has 0 atom stereocenters. The number of carboxylic acid groups (broad SMARTS) is 1. The van der Waals surface area contributed by atoms with Gasteiger partial charge in [0, 0.05) is 10.6 Å². The van der Waals surface area contributed by atoms with Crippen molar-refractivity contribution in [1.29, 1.82) is 0 Å². The summed E-state index contributed by atoms with van der Waals surface area (Å²) in [6, 6.07) is 3.22. The minimum Gasteiger partial charge on any atom is -0.493 e. The van der Waals surface area contributed by atoms with Gasteiger partial charge in [-0.15, -0.1) is 0 Å². The smallest absolute Gasteiger partial charge is 0.308 e. The number of carboxylic acids is 1. The van der Waals surface area contributed by atoms with Crippen molar-refractivity contribution in [2.45, 2.75) is 6.42 Å². The van der Waals surface area contributed by atoms with Gasteiger partial charge in [0.1, 0.15) is 0 Å². The average Bonchev–Trinajstić information content (AvgIpc) is 2.20. The second-order valence-corrected chi connectivity index (χ2v) is 3.24. The van der Waals surface area contributed by atoms with E-state index in [1.54, 1.807) is 12.1 Å². The number of hydrogen-bond acceptors (Lipinski definition) is 3. The molecule has 1 N–H and O–H groups in total. The number of methoxy groups -OCH3 is 2. The molecule has 0 aliphatic heterocycles. The Kier molecular flexibility index (Phi) is 3.80. The number of hydrogen-bond donors (Lipinski definition) is 1. The molecule has 0 fully saturated rings. The summed E-state index contributed by atoms with van der Waals surface area (Å²) in [5, 5.41) is 9.08. The summed E-state index contributed by atoms with van der Waals surface area (Å²) in [6.07, 6.45) is -0.195. The van der Waals surface area contributed by atoms with Gasteiger partial charge in [0.2, 0.25) is 0 Å². The summed E-state index contributed by atoms with van der Waals surface area (Å²) < 4.78 is 10.1. The fourth-order valence-electron chi connectivity index (χ4n) is 1.28. The number of halogens is 1. The standard InChI is InChI=1S/C10H11ClO4/c1-14-8-4-3-7(11)6(5-9(12)13)10(8)15-2/h3-4H,5H2,1-2H3,(H,12,13). The van der Waals surface area contributed by atoms with Crippen molar-refractivity contribution in [3.63, 3.8) is 0 Å². The normalized spacial score (nSPS) is 9.80. The number of carbonyl (C=O) groups is 1. The molecule has 0 saturated heterocycles. The topological polar surface area (TPSA) is 55.8 Å². The lowest BCUT2D eigenvalue weighted by Gasteiger charge is -2.12. The quantitative estimate of drug-likeness (QED) is 0.860. The first kappa shape index (κ1) is 11.7. The predicted octanol–water partition coefficient (Wildman–Crippen LogP) is 1.98. The summed E-state index contributed by atoms with van der Waals surface area (Å²) >= 11 is 5.88. The van der Waals surface area contributed by atoms with Gasteiger partial charge in [-0.2, -0.15) is 0 Å². The summed E-state index contributed by atoms with van der Waals surface area (Å²) in [5.74, 6) is -0.131. The Hall–Kier alpha value is -1.42. The van der Waals surface area contributed by atoms with Crippen molar-refractivity contribution in [2.24, 2.45) is 0 Å². The van der Waals surface area contributed by atoms with Gasteiger partial charge >= 0.3 is 5.97 Å². The molecule has 0 saturated carbocycles. The van der Waals surface area contributed by atoms with Crippen LogP contribution in [0.15, 0.2) is 12.1 Å². The Balaban J connectivity index is 3.25. The third-order valence-corrected chi connectivity index (χ3v) is 2.27. The molecule has 0 amide bonds. The minimum atomic E-state index is -0.969. The zero-order valence-electron chi connectivity index (χ0n) is 8.41. The molecular formula is C10H11ClO4. The van der Waals surface area contributed by atoms with Crippen LogP contribution in [0.4, 0.5) is 0 Å². The first-order valence-electron chi connectivity index (χ1n) is 4.21. The molecule has 1 aromatic rings. The van der Waals surface area contributed by atoms with Crippen molar-refractivity contribution in [2.75, 3.05) is 14.2 Å². The molecule has 4 nitrogen and oxygen atoms in total. The first-order valence-corrected chi connectivity index (χ1v) is 4.59. The fourth-order valence-corrected chi connectivity index (χ4v) is 1.50. The molecule has 1 rings (SSSR count). The van der Waals surface area contributed by atoms with Crippen LogP contribution in [0, 0.1) is 0 Å². The number of aliphatic carboxylic acids is 1. The van der Waals surface area contributed by atoms with E-state index in [0.29, 0.717) is 22.1 Å². The molecule has 0 aromatic heterocycles. The number of ether oxygens (including phenoxy) is 2. The summed E-state index contributed by atoms with van der Waals surface area (Å²) in [5.41, 5.74) is 0.422. The second-order valence-electron chi connectivity index (χ2n) is 2.83. The molecule has 0 spiro atoms. The van der Waals surface area contributed by atoms with Crippen LogP contribution in [0.1, 0.15) is 5.56 Å². The van der Waals surface area contributed by atoms with Crippen LogP contribution in [0.3, 0.4) is 0 Å². The Labute approximate surface area is 92.4 Å². The van der Waals surface area contributed by atoms with Gasteiger partial charge in [-0.3, -0.25) is 4.79 Å². The molecule has 0 unspecified atom stereocenters. The molecular weight excluding hydrogens is 220 g/mol. The predicted molar refractivity (Wildman–Crippen MR) is 55.9 cm³/mol. The third-order valence-electron chi connectivity index (χ3n) is 1.92. The zero-order chi connectivity index (χ0) is 11.4. The van der Waals surface area contributed by atoms with Crippen LogP contribution in [-0.2, 0) is 11.2 Å². The van der Waals surface area contributed by atoms with Crippen molar-refractivity contribution < 1.29 is 19.4 Å². The van der Waals surface area contributed by atoms with Crippen molar-refractivity contribution in [1.82, 2.24) is 0 Å². The maximum Gasteiger partial charge on any atom is 0.308 e. The van der Waals surface area contributed by atoms with Gasteiger partial charge in [0.05, 0.1) is 20.6 Å². The van der Waals surface area contributed by atoms with Crippen LogP contribution in [0.5, 0.6) is 11.5 Å². The van der Waals surface area contributed by atoms with Gasteiger partial charge < -0.3 is 14.6 Å². The lowest BCUT2D eigenvalue weighted by Crippen LogP contribution is -2.04. The van der Waals surface area contributed by atoms with Gasteiger partial charge in [-0.05, 0) is 12.1 Å². The molecule has 0 heterocycles. The summed E-state index contributed by atoms with van der Waals surface area (Å²) in [7, 11) is 2.93. The molecule has 0 radical (unpaired) electrons. The van der Waals surface area contributed by atoms with Crippen molar-refractivity contribution in [3.05, 3.63) is 22.7 Å². The van der Waals surface area contributed by atoms with Gasteiger partial charge in [-0.25, -0.2) is 0 Å². The second kappa shape index (κ2) is 4.89. The SMILES string of the molecule is COc1ccc(Cl)c(CC(=O)O)c1OC. The maximum atomic E-state index is 10.6. The first-order chi connectivity index (χ1) is 7.10. The van der Waals surface area contributed by atoms with E-state index in [2.05, 4.69) is 0 Å². The Morgan fingerprint density at radius 2 is 2.07 bits per heavy atom. The largest absolute Gasteiger partial charge is 0.493 e. The van der Waals surface area contributed by atoms with E-state index < -0.39 is 5.97 Å². The summed E-state index contributed by atoms with van der Waals surface area (Å²) in [6.45, 7) is 0. The van der Waals surface area contributed by atoms with Crippen LogP contribution in [0.2, 0.25) is 5.02 Å². The summed E-state index contributed by atoms with van der Waals surface area (Å²) in [4.78, 5) is 10.6. The lowest BCUT2D eigenvalue weighted by molar-refractivity contribution is -0.136. The van der Waals surface area contributed by atoms with E-state index in [1.807, 2.05) is 0 Å². The minimum absolute atomic E-state index is 0.195. The molecule has 0 aliphatic carbocycles. The number of rotatable bonds is 4. The van der Waals surface area contributed by atoms with Crippen LogP contribution in [-0.4, -0.2) is 25.3 Å². The van der Waals surface area contributed by atoms with E-state index >= 15 is 0 Å². The third kappa shape index (κ3) is 2.53. The molecule has 1 aromatic carbocycles. The van der Waals surface area contributed by atoms with Gasteiger partial charge in [0.25, 0.3) is 0 Å². The number of benzene rings is 1. The van der Waals surface area contributed by atoms with Crippen molar-refractivity contribution >= 4 is 17.6 Å². The average molecular weight is 231 g/mol. The molecule has 0 bridgehead atoms. The molecule has 5 heteroatoms. The fraction of sp³-hybridized carbons (Fsp3) is 0.300. The molecule has 82 valence electrons. The maximum absolute atomic E-state index is 10.6. The Morgan fingerprint density at radius 3 is 2.53 bits per heavy atom. The lowest BCUT2D eigenvalue weighted by atomic mass is 10.1. The molecule has 0 aliphatic rings. The van der Waals surface area contributed by atoms with E-state index in [9.17, 15) is 4.79 Å². The highest BCUT2D eigenvalue weighted by Crippen LogP contribution is 2.35. The highest BCUT2D eigenvalue weighted by Gasteiger charge is 2.16.